The maximum Gasteiger partial charge on any atom is 0.0958 e. The molecule has 1 aromatic rings. The Morgan fingerprint density at radius 3 is 1.85 bits per heavy atom. The molecular weight excluding hydrogens is 245 g/mol. The summed E-state index contributed by atoms with van der Waals surface area (Å²) in [4.78, 5) is 0. The molecule has 0 bridgehead atoms. The van der Waals surface area contributed by atoms with Crippen LogP contribution in [0, 0.1) is 0 Å². The first-order valence-electron chi connectivity index (χ1n) is 4.12. The fourth-order valence-corrected chi connectivity index (χ4v) is 1.82. The number of halogens is 1. The van der Waals surface area contributed by atoms with Crippen LogP contribution in [-0.2, 0) is 0 Å². The minimum Gasteiger partial charge on any atom is -1.00 e. The monoisotopic (exact) mass is 261 g/mol. The minimum absolute atomic E-state index is 0. The van der Waals surface area contributed by atoms with Gasteiger partial charge in [-0.05, 0) is 12.1 Å². The first-order valence-corrected chi connectivity index (χ1v) is 7.21. The Labute approximate surface area is 92.3 Å². The number of nitrogens with zero attached hydrogens (tertiary/aromatic N) is 1. The summed E-state index contributed by atoms with van der Waals surface area (Å²) in [6.07, 6.45) is 0. The predicted molar refractivity (Wildman–Crippen MR) is 59.5 cm³/mol. The summed E-state index contributed by atoms with van der Waals surface area (Å²) in [6, 6.07) is 10.5. The maximum atomic E-state index is 2.38. The zero-order valence-corrected chi connectivity index (χ0v) is 11.1. The second-order valence-electron chi connectivity index (χ2n) is 3.80. The van der Waals surface area contributed by atoms with Crippen molar-refractivity contribution >= 4 is 13.1 Å². The van der Waals surface area contributed by atoms with E-state index < -0.39 is 7.41 Å². The number of benzene rings is 1. The van der Waals surface area contributed by atoms with E-state index in [-0.39, 0.29) is 17.0 Å². The van der Waals surface area contributed by atoms with Crippen LogP contribution < -0.4 is 21.7 Å². The number of para-hydroxylation sites is 1. The van der Waals surface area contributed by atoms with E-state index in [1.54, 1.807) is 0 Å². The third-order valence-corrected chi connectivity index (χ3v) is 4.06. The summed E-state index contributed by atoms with van der Waals surface area (Å²) in [5, 5.41) is 0. The first kappa shape index (κ1) is 12.9. The molecule has 0 aromatic heterocycles. The number of anilines is 1. The Morgan fingerprint density at radius 1 is 1.00 bits per heavy atom. The third kappa shape index (κ3) is 3.66. The molecule has 0 aliphatic rings. The van der Waals surface area contributed by atoms with Crippen LogP contribution in [0.5, 0.6) is 0 Å². The zero-order chi connectivity index (χ0) is 9.19. The minimum atomic E-state index is -0.895. The van der Waals surface area contributed by atoms with E-state index in [9.17, 15) is 0 Å². The smallest absolute Gasteiger partial charge is 0.0958 e. The van der Waals surface area contributed by atoms with Gasteiger partial charge in [0.25, 0.3) is 0 Å². The van der Waals surface area contributed by atoms with Crippen LogP contribution in [0.1, 0.15) is 0 Å². The largest absolute Gasteiger partial charge is 1.00 e. The molecule has 1 rings (SSSR count). The summed E-state index contributed by atoms with van der Waals surface area (Å²) in [5.41, 5.74) is 1.32. The summed E-state index contributed by atoms with van der Waals surface area (Å²) >= 11 is 0. The summed E-state index contributed by atoms with van der Waals surface area (Å²) in [7, 11) is 1.27. The molecule has 1 aromatic carbocycles. The molecule has 0 spiro atoms. The fourth-order valence-electron chi connectivity index (χ4n) is 0.990. The zero-order valence-electron chi connectivity index (χ0n) is 8.66. The van der Waals surface area contributed by atoms with Gasteiger partial charge in [-0.25, -0.2) is 0 Å². The first-order chi connectivity index (χ1) is 5.52. The van der Waals surface area contributed by atoms with Gasteiger partial charge in [-0.3, -0.25) is 4.67 Å². The molecule has 1 nitrogen and oxygen atoms in total. The molecule has 0 aliphatic heterocycles. The van der Waals surface area contributed by atoms with Gasteiger partial charge >= 0.3 is 0 Å². The van der Waals surface area contributed by atoms with Crippen LogP contribution in [0.4, 0.5) is 5.69 Å². The standard InChI is InChI=1S/C10H17NP.BrH/c1-11(12(2,3)4)10-8-6-5-7-9-10;/h5-9H,1-4H3;1H/q+1;/p-1. The number of rotatable bonds is 2. The molecule has 74 valence electrons. The van der Waals surface area contributed by atoms with Gasteiger partial charge in [0.2, 0.25) is 0 Å². The van der Waals surface area contributed by atoms with Crippen molar-refractivity contribution in [1.29, 1.82) is 0 Å². The lowest BCUT2D eigenvalue weighted by atomic mass is 10.3. The Kier molecular flexibility index (Phi) is 4.95. The topological polar surface area (TPSA) is 3.24 Å². The second-order valence-corrected chi connectivity index (χ2v) is 8.28. The van der Waals surface area contributed by atoms with Crippen molar-refractivity contribution in [2.24, 2.45) is 0 Å². The van der Waals surface area contributed by atoms with Crippen LogP contribution in [-0.4, -0.2) is 27.0 Å². The molecule has 0 N–H and O–H groups in total. The van der Waals surface area contributed by atoms with Crippen molar-refractivity contribution in [3.63, 3.8) is 0 Å². The lowest BCUT2D eigenvalue weighted by Gasteiger charge is -2.26. The molecule has 0 amide bonds. The van der Waals surface area contributed by atoms with Crippen molar-refractivity contribution in [1.82, 2.24) is 0 Å². The van der Waals surface area contributed by atoms with Crippen molar-refractivity contribution in [3.05, 3.63) is 30.3 Å². The number of hydrogen-bond acceptors (Lipinski definition) is 1. The van der Waals surface area contributed by atoms with Gasteiger partial charge in [-0.2, -0.15) is 0 Å². The Hall–Kier alpha value is -0.0700. The van der Waals surface area contributed by atoms with Crippen LogP contribution in [0.3, 0.4) is 0 Å². The van der Waals surface area contributed by atoms with Crippen molar-refractivity contribution in [3.8, 4) is 0 Å². The highest BCUT2D eigenvalue weighted by molar-refractivity contribution is 7.75. The van der Waals surface area contributed by atoms with Gasteiger partial charge in [0.05, 0.1) is 33.1 Å². The molecule has 0 saturated heterocycles. The molecule has 0 aliphatic carbocycles. The average molecular weight is 262 g/mol. The van der Waals surface area contributed by atoms with E-state index in [4.69, 9.17) is 0 Å². The normalized spacial score (nSPS) is 10.5. The SMILES string of the molecule is CN(c1ccccc1)[P+](C)(C)C.[Br-]. The highest BCUT2D eigenvalue weighted by Crippen LogP contribution is 2.51. The molecule has 13 heavy (non-hydrogen) atoms. The summed E-state index contributed by atoms with van der Waals surface area (Å²) in [6.45, 7) is 6.96. The molecule has 0 saturated carbocycles. The Bertz CT molecular complexity index is 243. The average Bonchev–Trinajstić information content (AvgIpc) is 2.03. The van der Waals surface area contributed by atoms with Crippen LogP contribution in [0.25, 0.3) is 0 Å². The molecule has 0 unspecified atom stereocenters. The molecule has 0 fully saturated rings. The lowest BCUT2D eigenvalue weighted by molar-refractivity contribution is -0.00000275. The summed E-state index contributed by atoms with van der Waals surface area (Å²) in [5.74, 6) is 0. The van der Waals surface area contributed by atoms with Crippen molar-refractivity contribution < 1.29 is 17.0 Å². The highest BCUT2D eigenvalue weighted by atomic mass is 79.9. The Morgan fingerprint density at radius 2 is 1.46 bits per heavy atom. The lowest BCUT2D eigenvalue weighted by Crippen LogP contribution is -3.00. The van der Waals surface area contributed by atoms with Gasteiger partial charge in [-0.15, -0.1) is 0 Å². The van der Waals surface area contributed by atoms with E-state index in [1.165, 1.54) is 5.69 Å². The van der Waals surface area contributed by atoms with Gasteiger partial charge in [-0.1, -0.05) is 18.2 Å². The molecule has 0 atom stereocenters. The van der Waals surface area contributed by atoms with Crippen molar-refractivity contribution in [2.75, 3.05) is 31.7 Å². The number of hydrogen-bond donors (Lipinski definition) is 0. The highest BCUT2D eigenvalue weighted by Gasteiger charge is 2.24. The van der Waals surface area contributed by atoms with Crippen LogP contribution in [0.15, 0.2) is 30.3 Å². The fraction of sp³-hybridized carbons (Fsp3) is 0.400. The van der Waals surface area contributed by atoms with Gasteiger partial charge in [0.15, 0.2) is 0 Å². The molecule has 0 radical (unpaired) electrons. The third-order valence-electron chi connectivity index (χ3n) is 2.03. The van der Waals surface area contributed by atoms with Gasteiger partial charge in [0.1, 0.15) is 0 Å². The Balaban J connectivity index is 0.00000144. The molecule has 0 heterocycles. The van der Waals surface area contributed by atoms with Gasteiger partial charge in [0, 0.05) is 7.05 Å². The predicted octanol–water partition coefficient (Wildman–Crippen LogP) is -0.0512. The summed E-state index contributed by atoms with van der Waals surface area (Å²) < 4.78 is 2.38. The van der Waals surface area contributed by atoms with E-state index in [0.717, 1.165) is 0 Å². The second kappa shape index (κ2) is 4.97. The maximum absolute atomic E-state index is 2.38. The van der Waals surface area contributed by atoms with Crippen LogP contribution >= 0.6 is 7.41 Å². The van der Waals surface area contributed by atoms with Crippen LogP contribution in [0.2, 0.25) is 0 Å². The van der Waals surface area contributed by atoms with E-state index in [0.29, 0.717) is 0 Å². The van der Waals surface area contributed by atoms with E-state index in [1.807, 2.05) is 0 Å². The molecular formula is C10H17BrNP. The molecule has 3 heteroatoms. The van der Waals surface area contributed by atoms with Gasteiger partial charge < -0.3 is 17.0 Å². The van der Waals surface area contributed by atoms with E-state index >= 15 is 0 Å². The van der Waals surface area contributed by atoms with E-state index in [2.05, 4.69) is 62.0 Å². The van der Waals surface area contributed by atoms with Crippen molar-refractivity contribution in [2.45, 2.75) is 0 Å². The quantitative estimate of drug-likeness (QED) is 0.675.